The lowest BCUT2D eigenvalue weighted by atomic mass is 10.2. The summed E-state index contributed by atoms with van der Waals surface area (Å²) in [4.78, 5) is 0. The van der Waals surface area contributed by atoms with Crippen molar-refractivity contribution in [3.05, 3.63) is 85.2 Å². The van der Waals surface area contributed by atoms with E-state index in [2.05, 4.69) is 58.7 Å². The molecule has 0 aliphatic heterocycles. The van der Waals surface area contributed by atoms with Crippen LogP contribution in [0.25, 0.3) is 33.2 Å². The summed E-state index contributed by atoms with van der Waals surface area (Å²) in [5.41, 5.74) is 4.29. The standard InChI is InChI=1S/C20H14N4/c1-3-7-19-15(5-1)13-21-23(19)17-9-11-18(12-10-17)24-20-8-4-2-6-16(20)14-22-24/h1-14H. The van der Waals surface area contributed by atoms with Crippen LogP contribution in [-0.4, -0.2) is 19.6 Å². The van der Waals surface area contributed by atoms with Gasteiger partial charge in [0.2, 0.25) is 0 Å². The third-order valence-electron chi connectivity index (χ3n) is 4.29. The van der Waals surface area contributed by atoms with E-state index in [9.17, 15) is 0 Å². The summed E-state index contributed by atoms with van der Waals surface area (Å²) in [5.74, 6) is 0. The van der Waals surface area contributed by atoms with Crippen molar-refractivity contribution in [2.75, 3.05) is 0 Å². The van der Waals surface area contributed by atoms with E-state index in [0.717, 1.165) is 33.2 Å². The van der Waals surface area contributed by atoms with Gasteiger partial charge < -0.3 is 0 Å². The predicted octanol–water partition coefficient (Wildman–Crippen LogP) is 4.36. The average Bonchev–Trinajstić information content (AvgIpc) is 3.26. The molecule has 0 atom stereocenters. The molecule has 4 nitrogen and oxygen atoms in total. The molecule has 0 aliphatic rings. The molecule has 2 heterocycles. The Morgan fingerprint density at radius 3 is 1.38 bits per heavy atom. The Hall–Kier alpha value is -3.40. The zero-order chi connectivity index (χ0) is 15.9. The first-order valence-electron chi connectivity index (χ1n) is 7.86. The molecular weight excluding hydrogens is 296 g/mol. The van der Waals surface area contributed by atoms with Gasteiger partial charge in [0.1, 0.15) is 0 Å². The fourth-order valence-corrected chi connectivity index (χ4v) is 3.09. The zero-order valence-corrected chi connectivity index (χ0v) is 12.9. The molecule has 0 unspecified atom stereocenters. The van der Waals surface area contributed by atoms with Gasteiger partial charge in [0, 0.05) is 10.8 Å². The van der Waals surface area contributed by atoms with Gasteiger partial charge >= 0.3 is 0 Å². The third-order valence-corrected chi connectivity index (χ3v) is 4.29. The van der Waals surface area contributed by atoms with Gasteiger partial charge in [-0.3, -0.25) is 0 Å². The second kappa shape index (κ2) is 5.06. The van der Waals surface area contributed by atoms with Crippen molar-refractivity contribution in [1.29, 1.82) is 0 Å². The molecule has 5 rings (SSSR count). The highest BCUT2D eigenvalue weighted by Gasteiger charge is 2.07. The maximum Gasteiger partial charge on any atom is 0.0741 e. The number of para-hydroxylation sites is 2. The van der Waals surface area contributed by atoms with Crippen molar-refractivity contribution in [2.45, 2.75) is 0 Å². The molecule has 0 spiro atoms. The Balaban J connectivity index is 1.60. The van der Waals surface area contributed by atoms with Crippen LogP contribution < -0.4 is 0 Å². The number of fused-ring (bicyclic) bond motifs is 2. The Bertz CT molecular complexity index is 1060. The minimum atomic E-state index is 1.04. The molecule has 0 fully saturated rings. The molecule has 0 aliphatic carbocycles. The topological polar surface area (TPSA) is 35.6 Å². The van der Waals surface area contributed by atoms with Gasteiger partial charge in [-0.2, -0.15) is 10.2 Å². The molecular formula is C20H14N4. The minimum Gasteiger partial charge on any atom is -0.233 e. The summed E-state index contributed by atoms with van der Waals surface area (Å²) in [7, 11) is 0. The van der Waals surface area contributed by atoms with Crippen LogP contribution in [0.3, 0.4) is 0 Å². The molecule has 3 aromatic carbocycles. The van der Waals surface area contributed by atoms with Crippen LogP contribution in [0, 0.1) is 0 Å². The van der Waals surface area contributed by atoms with Crippen molar-refractivity contribution in [3.63, 3.8) is 0 Å². The highest BCUT2D eigenvalue weighted by Crippen LogP contribution is 2.21. The van der Waals surface area contributed by atoms with Gasteiger partial charge in [0.25, 0.3) is 0 Å². The average molecular weight is 310 g/mol. The molecule has 5 aromatic rings. The van der Waals surface area contributed by atoms with Crippen LogP contribution >= 0.6 is 0 Å². The summed E-state index contributed by atoms with van der Waals surface area (Å²) >= 11 is 0. The van der Waals surface area contributed by atoms with Crippen molar-refractivity contribution in [1.82, 2.24) is 19.6 Å². The molecule has 0 bridgehead atoms. The fourth-order valence-electron chi connectivity index (χ4n) is 3.09. The monoisotopic (exact) mass is 310 g/mol. The normalized spacial score (nSPS) is 11.3. The SMILES string of the molecule is c1ccc2c(c1)cnn2-c1ccc(-n2ncc3ccccc32)cc1. The fraction of sp³-hybridized carbons (Fsp3) is 0. The van der Waals surface area contributed by atoms with E-state index in [0.29, 0.717) is 0 Å². The van der Waals surface area contributed by atoms with E-state index < -0.39 is 0 Å². The van der Waals surface area contributed by atoms with Crippen LogP contribution in [0.5, 0.6) is 0 Å². The van der Waals surface area contributed by atoms with E-state index in [1.54, 1.807) is 0 Å². The largest absolute Gasteiger partial charge is 0.233 e. The quantitative estimate of drug-likeness (QED) is 0.485. The van der Waals surface area contributed by atoms with Crippen LogP contribution in [0.1, 0.15) is 0 Å². The molecule has 24 heavy (non-hydrogen) atoms. The highest BCUT2D eigenvalue weighted by molar-refractivity contribution is 5.81. The molecule has 2 aromatic heterocycles. The van der Waals surface area contributed by atoms with E-state index in [1.165, 1.54) is 0 Å². The van der Waals surface area contributed by atoms with Crippen LogP contribution in [-0.2, 0) is 0 Å². The first kappa shape index (κ1) is 13.1. The summed E-state index contributed by atoms with van der Waals surface area (Å²) < 4.78 is 3.92. The molecule has 0 N–H and O–H groups in total. The number of aromatic nitrogens is 4. The van der Waals surface area contributed by atoms with Crippen molar-refractivity contribution >= 4 is 21.8 Å². The highest BCUT2D eigenvalue weighted by atomic mass is 15.3. The lowest BCUT2D eigenvalue weighted by Crippen LogP contribution is -1.99. The zero-order valence-electron chi connectivity index (χ0n) is 12.9. The Kier molecular flexibility index (Phi) is 2.76. The van der Waals surface area contributed by atoms with Crippen molar-refractivity contribution in [2.24, 2.45) is 0 Å². The van der Waals surface area contributed by atoms with E-state index in [1.807, 2.05) is 46.0 Å². The van der Waals surface area contributed by atoms with Gasteiger partial charge in [-0.05, 0) is 36.4 Å². The first-order valence-corrected chi connectivity index (χ1v) is 7.86. The molecule has 4 heteroatoms. The summed E-state index contributed by atoms with van der Waals surface area (Å²) in [6, 6.07) is 24.7. The van der Waals surface area contributed by atoms with Crippen LogP contribution in [0.4, 0.5) is 0 Å². The Morgan fingerprint density at radius 2 is 0.917 bits per heavy atom. The smallest absolute Gasteiger partial charge is 0.0741 e. The number of nitrogens with zero attached hydrogens (tertiary/aromatic N) is 4. The number of hydrogen-bond donors (Lipinski definition) is 0. The van der Waals surface area contributed by atoms with Crippen molar-refractivity contribution in [3.8, 4) is 11.4 Å². The van der Waals surface area contributed by atoms with Gasteiger partial charge in [-0.1, -0.05) is 36.4 Å². The summed E-state index contributed by atoms with van der Waals surface area (Å²) in [5, 5.41) is 11.3. The summed E-state index contributed by atoms with van der Waals surface area (Å²) in [6.45, 7) is 0. The maximum absolute atomic E-state index is 4.50. The molecule has 0 radical (unpaired) electrons. The Labute approximate surface area is 138 Å². The van der Waals surface area contributed by atoms with Gasteiger partial charge in [0.05, 0.1) is 34.8 Å². The molecule has 0 saturated carbocycles. The van der Waals surface area contributed by atoms with Crippen LogP contribution in [0.15, 0.2) is 85.2 Å². The van der Waals surface area contributed by atoms with Gasteiger partial charge in [0.15, 0.2) is 0 Å². The van der Waals surface area contributed by atoms with E-state index >= 15 is 0 Å². The molecule has 0 amide bonds. The number of benzene rings is 3. The first-order chi connectivity index (χ1) is 11.9. The van der Waals surface area contributed by atoms with Gasteiger partial charge in [-0.25, -0.2) is 9.36 Å². The van der Waals surface area contributed by atoms with Crippen LogP contribution in [0.2, 0.25) is 0 Å². The lowest BCUT2D eigenvalue weighted by Gasteiger charge is -2.07. The van der Waals surface area contributed by atoms with E-state index in [4.69, 9.17) is 0 Å². The summed E-state index contributed by atoms with van der Waals surface area (Å²) in [6.07, 6.45) is 3.79. The molecule has 114 valence electrons. The predicted molar refractivity (Wildman–Crippen MR) is 95.7 cm³/mol. The van der Waals surface area contributed by atoms with Crippen molar-refractivity contribution < 1.29 is 0 Å². The van der Waals surface area contributed by atoms with E-state index in [-0.39, 0.29) is 0 Å². The lowest BCUT2D eigenvalue weighted by molar-refractivity contribution is 0.894. The Morgan fingerprint density at radius 1 is 0.500 bits per heavy atom. The third kappa shape index (κ3) is 1.93. The number of rotatable bonds is 2. The second-order valence-corrected chi connectivity index (χ2v) is 5.75. The van der Waals surface area contributed by atoms with Gasteiger partial charge in [-0.15, -0.1) is 0 Å². The minimum absolute atomic E-state index is 1.04. The molecule has 0 saturated heterocycles. The maximum atomic E-state index is 4.50. The number of hydrogen-bond acceptors (Lipinski definition) is 2. The second-order valence-electron chi connectivity index (χ2n) is 5.75.